The molecule has 0 saturated heterocycles. The van der Waals surface area contributed by atoms with E-state index < -0.39 is 6.04 Å². The summed E-state index contributed by atoms with van der Waals surface area (Å²) in [5, 5.41) is 12.5. The van der Waals surface area contributed by atoms with Gasteiger partial charge in [0.1, 0.15) is 6.04 Å². The molecule has 15 heavy (non-hydrogen) atoms. The summed E-state index contributed by atoms with van der Waals surface area (Å²) in [6, 6.07) is 1.15. The highest BCUT2D eigenvalue weighted by molar-refractivity contribution is 5.50. The van der Waals surface area contributed by atoms with Crippen molar-refractivity contribution in [3.05, 3.63) is 23.8 Å². The summed E-state index contributed by atoms with van der Waals surface area (Å²) >= 11 is 0. The van der Waals surface area contributed by atoms with Crippen LogP contribution in [0.5, 0.6) is 0 Å². The Bertz CT molecular complexity index is 449. The molecule has 1 unspecified atom stereocenters. The van der Waals surface area contributed by atoms with Crippen molar-refractivity contribution in [1.29, 1.82) is 0 Å². The molecule has 6 heteroatoms. The molecule has 0 radical (unpaired) electrons. The highest BCUT2D eigenvalue weighted by atomic mass is 16.5. The summed E-state index contributed by atoms with van der Waals surface area (Å²) in [5.41, 5.74) is 6.44. The van der Waals surface area contributed by atoms with Crippen LogP contribution in [0.15, 0.2) is 21.3 Å². The Labute approximate surface area is 85.7 Å². The van der Waals surface area contributed by atoms with Crippen molar-refractivity contribution in [2.75, 3.05) is 6.61 Å². The van der Waals surface area contributed by atoms with Crippen LogP contribution in [0.25, 0.3) is 11.6 Å². The van der Waals surface area contributed by atoms with E-state index in [0.29, 0.717) is 11.6 Å². The Balaban J connectivity index is 2.32. The summed E-state index contributed by atoms with van der Waals surface area (Å²) in [4.78, 5) is 4.03. The van der Waals surface area contributed by atoms with E-state index in [1.807, 2.05) is 6.92 Å². The molecule has 0 aliphatic heterocycles. The van der Waals surface area contributed by atoms with Crippen LogP contribution in [0.4, 0.5) is 0 Å². The second kappa shape index (κ2) is 3.84. The first kappa shape index (κ1) is 9.88. The van der Waals surface area contributed by atoms with Crippen molar-refractivity contribution in [2.24, 2.45) is 5.73 Å². The average Bonchev–Trinajstić information content (AvgIpc) is 2.84. The Morgan fingerprint density at radius 2 is 2.40 bits per heavy atom. The van der Waals surface area contributed by atoms with Crippen LogP contribution in [0.1, 0.15) is 17.5 Å². The lowest BCUT2D eigenvalue weighted by atomic mass is 10.3. The van der Waals surface area contributed by atoms with E-state index in [4.69, 9.17) is 19.8 Å². The zero-order valence-electron chi connectivity index (χ0n) is 8.17. The van der Waals surface area contributed by atoms with Crippen LogP contribution in [0, 0.1) is 6.92 Å². The number of hydrogen-bond donors (Lipinski definition) is 2. The second-order valence-corrected chi connectivity index (χ2v) is 3.18. The van der Waals surface area contributed by atoms with Crippen molar-refractivity contribution < 1.29 is 14.0 Å². The summed E-state index contributed by atoms with van der Waals surface area (Å²) in [7, 11) is 0. The molecule has 0 aliphatic rings. The number of aliphatic hydroxyl groups is 1. The molecule has 0 bridgehead atoms. The third kappa shape index (κ3) is 1.77. The quantitative estimate of drug-likeness (QED) is 0.769. The van der Waals surface area contributed by atoms with Crippen molar-refractivity contribution in [3.8, 4) is 11.6 Å². The third-order valence-electron chi connectivity index (χ3n) is 2.02. The molecular formula is C9H11N3O3. The van der Waals surface area contributed by atoms with Crippen LogP contribution in [-0.4, -0.2) is 21.9 Å². The summed E-state index contributed by atoms with van der Waals surface area (Å²) in [6.07, 6.45) is 1.55. The maximum atomic E-state index is 8.81. The smallest absolute Gasteiger partial charge is 0.246 e. The summed E-state index contributed by atoms with van der Waals surface area (Å²) in [6.45, 7) is 1.64. The van der Waals surface area contributed by atoms with Gasteiger partial charge in [-0.05, 0) is 18.6 Å². The number of aryl methyl sites for hydroxylation is 1. The predicted octanol–water partition coefficient (Wildman–Crippen LogP) is 0.630. The van der Waals surface area contributed by atoms with Gasteiger partial charge in [-0.15, -0.1) is 0 Å². The highest BCUT2D eigenvalue weighted by Crippen LogP contribution is 2.22. The third-order valence-corrected chi connectivity index (χ3v) is 2.02. The molecule has 0 fully saturated rings. The summed E-state index contributed by atoms with van der Waals surface area (Å²) < 4.78 is 10.1. The molecule has 3 N–H and O–H groups in total. The first-order chi connectivity index (χ1) is 7.22. The fourth-order valence-electron chi connectivity index (χ4n) is 1.16. The van der Waals surface area contributed by atoms with Gasteiger partial charge in [0.05, 0.1) is 12.9 Å². The zero-order chi connectivity index (χ0) is 10.8. The fourth-order valence-corrected chi connectivity index (χ4v) is 1.16. The van der Waals surface area contributed by atoms with Gasteiger partial charge in [-0.1, -0.05) is 5.16 Å². The normalized spacial score (nSPS) is 13.0. The zero-order valence-corrected chi connectivity index (χ0v) is 8.17. The van der Waals surface area contributed by atoms with Gasteiger partial charge >= 0.3 is 0 Å². The predicted molar refractivity (Wildman–Crippen MR) is 50.8 cm³/mol. The molecule has 80 valence electrons. The van der Waals surface area contributed by atoms with Gasteiger partial charge in [0.15, 0.2) is 5.76 Å². The van der Waals surface area contributed by atoms with Crippen LogP contribution in [0.2, 0.25) is 0 Å². The molecule has 2 aromatic heterocycles. The molecule has 0 spiro atoms. The van der Waals surface area contributed by atoms with Crippen molar-refractivity contribution in [3.63, 3.8) is 0 Å². The van der Waals surface area contributed by atoms with Crippen LogP contribution in [-0.2, 0) is 0 Å². The van der Waals surface area contributed by atoms with Gasteiger partial charge in [-0.2, -0.15) is 4.98 Å². The van der Waals surface area contributed by atoms with Gasteiger partial charge in [-0.3, -0.25) is 0 Å². The van der Waals surface area contributed by atoms with E-state index in [9.17, 15) is 0 Å². The number of rotatable bonds is 3. The van der Waals surface area contributed by atoms with Crippen molar-refractivity contribution in [2.45, 2.75) is 13.0 Å². The van der Waals surface area contributed by atoms with Gasteiger partial charge in [-0.25, -0.2) is 0 Å². The standard InChI is InChI=1S/C9H11N3O3/c1-5-2-3-14-7(5)8-11-9(15-12-8)6(10)4-13/h2-3,6,13H,4,10H2,1H3. The number of aromatic nitrogens is 2. The maximum Gasteiger partial charge on any atom is 0.246 e. The van der Waals surface area contributed by atoms with E-state index >= 15 is 0 Å². The molecule has 6 nitrogen and oxygen atoms in total. The maximum absolute atomic E-state index is 8.81. The molecule has 0 amide bonds. The SMILES string of the molecule is Cc1ccoc1-c1noc(C(N)CO)n1. The van der Waals surface area contributed by atoms with Gasteiger partial charge in [0.2, 0.25) is 11.7 Å². The molecular weight excluding hydrogens is 198 g/mol. The monoisotopic (exact) mass is 209 g/mol. The number of nitrogens with zero attached hydrogens (tertiary/aromatic N) is 2. The summed E-state index contributed by atoms with van der Waals surface area (Å²) in [5.74, 6) is 1.09. The Hall–Kier alpha value is -1.66. The first-order valence-corrected chi connectivity index (χ1v) is 4.47. The fraction of sp³-hybridized carbons (Fsp3) is 0.333. The average molecular weight is 209 g/mol. The molecule has 2 aromatic rings. The van der Waals surface area contributed by atoms with E-state index in [-0.39, 0.29) is 12.5 Å². The minimum absolute atomic E-state index is 0.198. The van der Waals surface area contributed by atoms with Gasteiger partial charge in [0.25, 0.3) is 0 Å². The lowest BCUT2D eigenvalue weighted by Crippen LogP contribution is -2.14. The van der Waals surface area contributed by atoms with Gasteiger partial charge < -0.3 is 19.8 Å². The molecule has 2 rings (SSSR count). The molecule has 1 atom stereocenters. The Morgan fingerprint density at radius 3 is 3.00 bits per heavy atom. The number of aliphatic hydroxyl groups excluding tert-OH is 1. The van der Waals surface area contributed by atoms with Crippen LogP contribution in [0.3, 0.4) is 0 Å². The van der Waals surface area contributed by atoms with Gasteiger partial charge in [0, 0.05) is 0 Å². The van der Waals surface area contributed by atoms with E-state index in [2.05, 4.69) is 10.1 Å². The minimum Gasteiger partial charge on any atom is -0.461 e. The van der Waals surface area contributed by atoms with E-state index in [1.54, 1.807) is 12.3 Å². The number of hydrogen-bond acceptors (Lipinski definition) is 6. The Morgan fingerprint density at radius 1 is 1.60 bits per heavy atom. The highest BCUT2D eigenvalue weighted by Gasteiger charge is 2.17. The molecule has 0 aliphatic carbocycles. The Kier molecular flexibility index (Phi) is 2.53. The largest absolute Gasteiger partial charge is 0.461 e. The van der Waals surface area contributed by atoms with Crippen molar-refractivity contribution >= 4 is 0 Å². The molecule has 0 aromatic carbocycles. The van der Waals surface area contributed by atoms with E-state index in [1.165, 1.54) is 0 Å². The molecule has 2 heterocycles. The van der Waals surface area contributed by atoms with Crippen LogP contribution >= 0.6 is 0 Å². The lowest BCUT2D eigenvalue weighted by Gasteiger charge is -1.98. The topological polar surface area (TPSA) is 98.3 Å². The lowest BCUT2D eigenvalue weighted by molar-refractivity contribution is 0.237. The van der Waals surface area contributed by atoms with Crippen LogP contribution < -0.4 is 5.73 Å². The number of nitrogens with two attached hydrogens (primary N) is 1. The second-order valence-electron chi connectivity index (χ2n) is 3.18. The minimum atomic E-state index is -0.651. The number of furan rings is 1. The molecule has 0 saturated carbocycles. The van der Waals surface area contributed by atoms with E-state index in [0.717, 1.165) is 5.56 Å². The van der Waals surface area contributed by atoms with Crippen molar-refractivity contribution in [1.82, 2.24) is 10.1 Å². The first-order valence-electron chi connectivity index (χ1n) is 4.47.